The molecule has 1 unspecified atom stereocenters. The van der Waals surface area contributed by atoms with Gasteiger partial charge in [0, 0.05) is 39.1 Å². The lowest BCUT2D eigenvalue weighted by Crippen LogP contribution is -2.40. The van der Waals surface area contributed by atoms with E-state index in [0.717, 1.165) is 38.1 Å². The van der Waals surface area contributed by atoms with Gasteiger partial charge in [0.2, 0.25) is 5.88 Å². The monoisotopic (exact) mass is 532 g/mol. The number of ether oxygens (including phenoxy) is 3. The van der Waals surface area contributed by atoms with Crippen molar-refractivity contribution in [3.05, 3.63) is 23.9 Å². The summed E-state index contributed by atoms with van der Waals surface area (Å²) < 4.78 is 53.8. The number of nitrogens with one attached hydrogen (secondary N) is 2. The third-order valence-electron chi connectivity index (χ3n) is 4.02. The number of pyridine rings is 1. The van der Waals surface area contributed by atoms with Gasteiger partial charge in [0.25, 0.3) is 0 Å². The molecule has 2 N–H and O–H groups in total. The van der Waals surface area contributed by atoms with Crippen LogP contribution in [0.2, 0.25) is 0 Å². The summed E-state index contributed by atoms with van der Waals surface area (Å²) in [6.45, 7) is 3.49. The average Bonchev–Trinajstić information content (AvgIpc) is 3.19. The molecule has 0 bridgehead atoms. The van der Waals surface area contributed by atoms with Crippen molar-refractivity contribution in [1.82, 2.24) is 15.6 Å². The predicted molar refractivity (Wildman–Crippen MR) is 114 cm³/mol. The van der Waals surface area contributed by atoms with E-state index in [4.69, 9.17) is 14.2 Å². The third kappa shape index (κ3) is 10.3. The highest BCUT2D eigenvalue weighted by atomic mass is 127. The largest absolute Gasteiger partial charge is 0.476 e. The molecule has 1 aliphatic rings. The molecule has 0 aromatic carbocycles. The van der Waals surface area contributed by atoms with Crippen LogP contribution in [-0.2, 0) is 15.7 Å². The minimum Gasteiger partial charge on any atom is -0.476 e. The Kier molecular flexibility index (Phi) is 12.2. The lowest BCUT2D eigenvalue weighted by molar-refractivity contribution is -0.137. The van der Waals surface area contributed by atoms with Crippen LogP contribution < -0.4 is 15.4 Å². The second-order valence-electron chi connectivity index (χ2n) is 6.22. The van der Waals surface area contributed by atoms with Crippen molar-refractivity contribution in [1.29, 1.82) is 0 Å². The summed E-state index contributed by atoms with van der Waals surface area (Å²) in [7, 11) is 1.65. The maximum absolute atomic E-state index is 12.5. The van der Waals surface area contributed by atoms with Crippen LogP contribution in [0.25, 0.3) is 0 Å². The van der Waals surface area contributed by atoms with Gasteiger partial charge >= 0.3 is 6.18 Å². The molecule has 2 rings (SSSR count). The van der Waals surface area contributed by atoms with Crippen LogP contribution in [0.3, 0.4) is 0 Å². The van der Waals surface area contributed by atoms with Gasteiger partial charge in [0.1, 0.15) is 6.61 Å². The van der Waals surface area contributed by atoms with Crippen LogP contribution >= 0.6 is 24.0 Å². The van der Waals surface area contributed by atoms with Gasteiger partial charge in [-0.3, -0.25) is 4.99 Å². The van der Waals surface area contributed by atoms with E-state index >= 15 is 0 Å². The summed E-state index contributed by atoms with van der Waals surface area (Å²) in [5, 5.41) is 6.21. The Balaban J connectivity index is 0.00000420. The number of guanidine groups is 1. The highest BCUT2D eigenvalue weighted by Gasteiger charge is 2.30. The maximum Gasteiger partial charge on any atom is 0.417 e. The first-order valence-corrected chi connectivity index (χ1v) is 9.29. The SMILES string of the molecule is CN=C(NCCCOCC1CCCO1)NCCOc1ccc(C(F)(F)F)cn1.I. The fourth-order valence-electron chi connectivity index (χ4n) is 2.55. The van der Waals surface area contributed by atoms with E-state index in [1.165, 1.54) is 6.07 Å². The lowest BCUT2D eigenvalue weighted by atomic mass is 10.2. The number of halogens is 4. The van der Waals surface area contributed by atoms with Crippen molar-refractivity contribution in [3.8, 4) is 5.88 Å². The summed E-state index contributed by atoms with van der Waals surface area (Å²) in [4.78, 5) is 7.74. The fourth-order valence-corrected chi connectivity index (χ4v) is 2.55. The average molecular weight is 532 g/mol. The van der Waals surface area contributed by atoms with Gasteiger partial charge in [-0.05, 0) is 25.3 Å². The van der Waals surface area contributed by atoms with Gasteiger partial charge in [0.15, 0.2) is 5.96 Å². The van der Waals surface area contributed by atoms with Crippen LogP contribution in [0.15, 0.2) is 23.3 Å². The first-order chi connectivity index (χ1) is 13.5. The van der Waals surface area contributed by atoms with Crippen molar-refractivity contribution in [2.75, 3.05) is 46.6 Å². The molecule has 1 atom stereocenters. The molecule has 7 nitrogen and oxygen atoms in total. The quantitative estimate of drug-likeness (QED) is 0.209. The Bertz CT molecular complexity index is 597. The molecule has 11 heteroatoms. The number of aliphatic imine (C=N–C) groups is 1. The molecular weight excluding hydrogens is 504 g/mol. The lowest BCUT2D eigenvalue weighted by Gasteiger charge is -2.13. The van der Waals surface area contributed by atoms with E-state index in [0.29, 0.717) is 32.3 Å². The Morgan fingerprint density at radius 3 is 2.69 bits per heavy atom. The zero-order chi connectivity index (χ0) is 20.2. The molecule has 0 saturated carbocycles. The third-order valence-corrected chi connectivity index (χ3v) is 4.02. The standard InChI is InChI=1S/C18H27F3N4O3.HI/c1-22-17(23-7-3-9-26-13-15-4-2-10-27-15)24-8-11-28-16-6-5-14(12-25-16)18(19,20)21;/h5-6,12,15H,2-4,7-11,13H2,1H3,(H2,22,23,24);1H. The van der Waals surface area contributed by atoms with Crippen LogP contribution in [0, 0.1) is 0 Å². The predicted octanol–water partition coefficient (Wildman–Crippen LogP) is 2.85. The number of rotatable bonds is 10. The molecule has 1 aromatic rings. The van der Waals surface area contributed by atoms with Crippen molar-refractivity contribution in [2.45, 2.75) is 31.5 Å². The van der Waals surface area contributed by atoms with Crippen molar-refractivity contribution in [3.63, 3.8) is 0 Å². The normalized spacial score (nSPS) is 17.0. The summed E-state index contributed by atoms with van der Waals surface area (Å²) >= 11 is 0. The molecule has 0 radical (unpaired) electrons. The summed E-state index contributed by atoms with van der Waals surface area (Å²) in [6, 6.07) is 2.14. The maximum atomic E-state index is 12.5. The topological polar surface area (TPSA) is 77.0 Å². The molecule has 0 spiro atoms. The summed E-state index contributed by atoms with van der Waals surface area (Å²) in [5.41, 5.74) is -0.803. The highest BCUT2D eigenvalue weighted by Crippen LogP contribution is 2.29. The Labute approximate surface area is 185 Å². The second kappa shape index (κ2) is 13.8. The Hall–Kier alpha value is -1.34. The molecule has 0 aliphatic carbocycles. The van der Waals surface area contributed by atoms with Crippen molar-refractivity contribution < 1.29 is 27.4 Å². The Morgan fingerprint density at radius 1 is 1.28 bits per heavy atom. The number of nitrogens with zero attached hydrogens (tertiary/aromatic N) is 2. The molecule has 166 valence electrons. The zero-order valence-electron chi connectivity index (χ0n) is 16.3. The van der Waals surface area contributed by atoms with E-state index < -0.39 is 11.7 Å². The number of aromatic nitrogens is 1. The van der Waals surface area contributed by atoms with E-state index in [9.17, 15) is 13.2 Å². The van der Waals surface area contributed by atoms with E-state index in [-0.39, 0.29) is 42.6 Å². The van der Waals surface area contributed by atoms with Crippen LogP contribution in [0.5, 0.6) is 5.88 Å². The minimum absolute atomic E-state index is 0. The van der Waals surface area contributed by atoms with E-state index in [1.54, 1.807) is 7.05 Å². The molecular formula is C18H28F3IN4O3. The number of hydrogen-bond donors (Lipinski definition) is 2. The van der Waals surface area contributed by atoms with Crippen molar-refractivity contribution >= 4 is 29.9 Å². The van der Waals surface area contributed by atoms with Gasteiger partial charge in [-0.2, -0.15) is 13.2 Å². The van der Waals surface area contributed by atoms with Gasteiger partial charge in [-0.25, -0.2) is 4.98 Å². The molecule has 1 saturated heterocycles. The fraction of sp³-hybridized carbons (Fsp3) is 0.667. The van der Waals surface area contributed by atoms with Gasteiger partial charge in [0.05, 0.1) is 24.8 Å². The first-order valence-electron chi connectivity index (χ1n) is 9.29. The summed E-state index contributed by atoms with van der Waals surface area (Å²) in [6.07, 6.45) is -0.402. The molecule has 2 heterocycles. The molecule has 1 fully saturated rings. The van der Waals surface area contributed by atoms with Crippen LogP contribution in [0.4, 0.5) is 13.2 Å². The molecule has 1 aromatic heterocycles. The first kappa shape index (κ1) is 25.7. The van der Waals surface area contributed by atoms with Crippen molar-refractivity contribution in [2.24, 2.45) is 4.99 Å². The van der Waals surface area contributed by atoms with E-state index in [1.807, 2.05) is 0 Å². The molecule has 1 aliphatic heterocycles. The molecule has 29 heavy (non-hydrogen) atoms. The van der Waals surface area contributed by atoms with Crippen LogP contribution in [0.1, 0.15) is 24.8 Å². The minimum atomic E-state index is -4.40. The highest BCUT2D eigenvalue weighted by molar-refractivity contribution is 14.0. The van der Waals surface area contributed by atoms with Gasteiger partial charge in [-0.1, -0.05) is 0 Å². The number of alkyl halides is 3. The summed E-state index contributed by atoms with van der Waals surface area (Å²) in [5.74, 6) is 0.754. The van der Waals surface area contributed by atoms with Gasteiger partial charge in [-0.15, -0.1) is 24.0 Å². The molecule has 0 amide bonds. The zero-order valence-corrected chi connectivity index (χ0v) is 18.7. The van der Waals surface area contributed by atoms with E-state index in [2.05, 4.69) is 20.6 Å². The van der Waals surface area contributed by atoms with Gasteiger partial charge < -0.3 is 24.8 Å². The number of hydrogen-bond acceptors (Lipinski definition) is 5. The second-order valence-corrected chi connectivity index (χ2v) is 6.22. The van der Waals surface area contributed by atoms with Crippen LogP contribution in [-0.4, -0.2) is 63.6 Å². The smallest absolute Gasteiger partial charge is 0.417 e. The Morgan fingerprint density at radius 2 is 2.07 bits per heavy atom.